The number of hydrogen-bond donors (Lipinski definition) is 0. The summed E-state index contributed by atoms with van der Waals surface area (Å²) >= 11 is 0. The highest BCUT2D eigenvalue weighted by molar-refractivity contribution is 5.83. The predicted molar refractivity (Wildman–Crippen MR) is 56.5 cm³/mol. The summed E-state index contributed by atoms with van der Waals surface area (Å²) in [5.74, 6) is 0.533. The van der Waals surface area contributed by atoms with Gasteiger partial charge in [0.15, 0.2) is 0 Å². The normalized spacial score (nSPS) is 22.0. The van der Waals surface area contributed by atoms with E-state index in [0.717, 1.165) is 0 Å². The Morgan fingerprint density at radius 1 is 1.60 bits per heavy atom. The van der Waals surface area contributed by atoms with E-state index in [2.05, 4.69) is 0 Å². The van der Waals surface area contributed by atoms with Gasteiger partial charge in [0, 0.05) is 25.4 Å². The molecule has 1 aliphatic heterocycles. The fraction of sp³-hybridized carbons (Fsp3) is 0.818. The van der Waals surface area contributed by atoms with Crippen LogP contribution in [0.15, 0.2) is 0 Å². The average molecular weight is 213 g/mol. The van der Waals surface area contributed by atoms with Crippen molar-refractivity contribution >= 4 is 11.9 Å². The summed E-state index contributed by atoms with van der Waals surface area (Å²) in [4.78, 5) is 24.4. The Morgan fingerprint density at radius 2 is 2.27 bits per heavy atom. The molecule has 4 nitrogen and oxygen atoms in total. The lowest BCUT2D eigenvalue weighted by Crippen LogP contribution is -2.43. The molecule has 4 heteroatoms. The zero-order valence-electron chi connectivity index (χ0n) is 9.66. The third-order valence-electron chi connectivity index (χ3n) is 2.47. The smallest absolute Gasteiger partial charge is 0.409 e. The Kier molecular flexibility index (Phi) is 4.12. The summed E-state index contributed by atoms with van der Waals surface area (Å²) in [6.45, 7) is 7.28. The molecule has 1 heterocycles. The SMILES string of the molecule is CC(C)COC(=O)N1CCC(=O)C(C)C1. The number of hydrogen-bond acceptors (Lipinski definition) is 3. The standard InChI is InChI=1S/C11H19NO3/c1-8(2)7-15-11(14)12-5-4-10(13)9(3)6-12/h8-9H,4-7H2,1-3H3. The molecule has 15 heavy (non-hydrogen) atoms. The van der Waals surface area contributed by atoms with E-state index in [4.69, 9.17) is 4.74 Å². The van der Waals surface area contributed by atoms with Crippen molar-refractivity contribution in [1.82, 2.24) is 4.90 Å². The van der Waals surface area contributed by atoms with E-state index >= 15 is 0 Å². The van der Waals surface area contributed by atoms with Crippen LogP contribution in [0.4, 0.5) is 4.79 Å². The van der Waals surface area contributed by atoms with Crippen molar-refractivity contribution in [3.63, 3.8) is 0 Å². The van der Waals surface area contributed by atoms with Gasteiger partial charge in [-0.05, 0) is 5.92 Å². The molecule has 0 N–H and O–H groups in total. The second-order valence-corrected chi connectivity index (χ2v) is 4.53. The van der Waals surface area contributed by atoms with Crippen molar-refractivity contribution in [2.24, 2.45) is 11.8 Å². The first-order valence-corrected chi connectivity index (χ1v) is 5.45. The van der Waals surface area contributed by atoms with Gasteiger partial charge in [-0.2, -0.15) is 0 Å². The van der Waals surface area contributed by atoms with Gasteiger partial charge in [0.2, 0.25) is 0 Å². The van der Waals surface area contributed by atoms with E-state index in [-0.39, 0.29) is 17.8 Å². The molecule has 0 aliphatic carbocycles. The quantitative estimate of drug-likeness (QED) is 0.701. The van der Waals surface area contributed by atoms with Crippen LogP contribution in [0.3, 0.4) is 0 Å². The Balaban J connectivity index is 2.37. The first-order chi connectivity index (χ1) is 7.00. The number of amides is 1. The van der Waals surface area contributed by atoms with E-state index in [1.165, 1.54) is 0 Å². The molecule has 0 bridgehead atoms. The first kappa shape index (κ1) is 12.0. The molecular formula is C11H19NO3. The van der Waals surface area contributed by atoms with Gasteiger partial charge in [-0.1, -0.05) is 20.8 Å². The van der Waals surface area contributed by atoms with Crippen LogP contribution in [0.5, 0.6) is 0 Å². The molecular weight excluding hydrogens is 194 g/mol. The Bertz CT molecular complexity index is 250. The molecule has 0 spiro atoms. The third kappa shape index (κ3) is 3.53. The number of carbonyl (C=O) groups excluding carboxylic acids is 2. The molecule has 1 aliphatic rings. The van der Waals surface area contributed by atoms with Gasteiger partial charge in [0.25, 0.3) is 0 Å². The van der Waals surface area contributed by atoms with Crippen LogP contribution in [-0.4, -0.2) is 36.5 Å². The minimum Gasteiger partial charge on any atom is -0.449 e. The van der Waals surface area contributed by atoms with Gasteiger partial charge in [-0.15, -0.1) is 0 Å². The van der Waals surface area contributed by atoms with Crippen molar-refractivity contribution < 1.29 is 14.3 Å². The van der Waals surface area contributed by atoms with E-state index in [0.29, 0.717) is 32.0 Å². The lowest BCUT2D eigenvalue weighted by atomic mass is 9.99. The van der Waals surface area contributed by atoms with Gasteiger partial charge >= 0.3 is 6.09 Å². The molecule has 1 saturated heterocycles. The predicted octanol–water partition coefficient (Wildman–Crippen LogP) is 1.69. The van der Waals surface area contributed by atoms with Crippen LogP contribution >= 0.6 is 0 Å². The number of ketones is 1. The van der Waals surface area contributed by atoms with Crippen LogP contribution in [0.25, 0.3) is 0 Å². The van der Waals surface area contributed by atoms with Crippen molar-refractivity contribution in [2.45, 2.75) is 27.2 Å². The number of Topliss-reactive ketones (excluding diaryl/α,β-unsaturated/α-hetero) is 1. The fourth-order valence-corrected chi connectivity index (χ4v) is 1.51. The number of ether oxygens (including phenoxy) is 1. The van der Waals surface area contributed by atoms with Crippen LogP contribution in [0.1, 0.15) is 27.2 Å². The van der Waals surface area contributed by atoms with Crippen LogP contribution in [-0.2, 0) is 9.53 Å². The van der Waals surface area contributed by atoms with Crippen molar-refractivity contribution in [3.8, 4) is 0 Å². The van der Waals surface area contributed by atoms with Crippen LogP contribution in [0, 0.1) is 11.8 Å². The Morgan fingerprint density at radius 3 is 2.80 bits per heavy atom. The summed E-state index contributed by atoms with van der Waals surface area (Å²) in [6, 6.07) is 0. The van der Waals surface area contributed by atoms with Crippen LogP contribution < -0.4 is 0 Å². The van der Waals surface area contributed by atoms with Gasteiger partial charge < -0.3 is 9.64 Å². The lowest BCUT2D eigenvalue weighted by molar-refractivity contribution is -0.125. The molecule has 0 radical (unpaired) electrons. The van der Waals surface area contributed by atoms with Crippen molar-refractivity contribution in [2.75, 3.05) is 19.7 Å². The lowest BCUT2D eigenvalue weighted by Gasteiger charge is -2.29. The van der Waals surface area contributed by atoms with E-state index in [1.54, 1.807) is 4.90 Å². The van der Waals surface area contributed by atoms with Crippen molar-refractivity contribution in [1.29, 1.82) is 0 Å². The zero-order valence-corrected chi connectivity index (χ0v) is 9.66. The monoisotopic (exact) mass is 213 g/mol. The summed E-state index contributed by atoms with van der Waals surface area (Å²) in [5.41, 5.74) is 0. The van der Waals surface area contributed by atoms with E-state index in [9.17, 15) is 9.59 Å². The maximum Gasteiger partial charge on any atom is 0.409 e. The molecule has 0 saturated carbocycles. The molecule has 86 valence electrons. The summed E-state index contributed by atoms with van der Waals surface area (Å²) in [5, 5.41) is 0. The van der Waals surface area contributed by atoms with Crippen molar-refractivity contribution in [3.05, 3.63) is 0 Å². The molecule has 1 amide bonds. The highest BCUT2D eigenvalue weighted by Gasteiger charge is 2.27. The second kappa shape index (κ2) is 5.14. The highest BCUT2D eigenvalue weighted by Crippen LogP contribution is 2.13. The largest absolute Gasteiger partial charge is 0.449 e. The topological polar surface area (TPSA) is 46.6 Å². The molecule has 0 aromatic rings. The molecule has 0 aromatic carbocycles. The van der Waals surface area contributed by atoms with Gasteiger partial charge in [0.1, 0.15) is 5.78 Å². The minimum absolute atomic E-state index is 0.0506. The number of nitrogens with zero attached hydrogens (tertiary/aromatic N) is 1. The van der Waals surface area contributed by atoms with Crippen LogP contribution in [0.2, 0.25) is 0 Å². The van der Waals surface area contributed by atoms with E-state index < -0.39 is 0 Å². The number of carbonyl (C=O) groups is 2. The number of likely N-dealkylation sites (tertiary alicyclic amines) is 1. The molecule has 0 aromatic heterocycles. The second-order valence-electron chi connectivity index (χ2n) is 4.53. The first-order valence-electron chi connectivity index (χ1n) is 5.45. The van der Waals surface area contributed by atoms with Gasteiger partial charge in [0.05, 0.1) is 6.61 Å². The van der Waals surface area contributed by atoms with Gasteiger partial charge in [-0.25, -0.2) is 4.79 Å². The fourth-order valence-electron chi connectivity index (χ4n) is 1.51. The number of rotatable bonds is 2. The average Bonchev–Trinajstić information content (AvgIpc) is 2.18. The summed E-state index contributed by atoms with van der Waals surface area (Å²) in [7, 11) is 0. The van der Waals surface area contributed by atoms with E-state index in [1.807, 2.05) is 20.8 Å². The highest BCUT2D eigenvalue weighted by atomic mass is 16.6. The summed E-state index contributed by atoms with van der Waals surface area (Å²) in [6.07, 6.45) is 0.167. The van der Waals surface area contributed by atoms with Gasteiger partial charge in [-0.3, -0.25) is 4.79 Å². The summed E-state index contributed by atoms with van der Waals surface area (Å²) < 4.78 is 5.10. The maximum absolute atomic E-state index is 11.5. The molecule has 1 fully saturated rings. The Hall–Kier alpha value is -1.06. The third-order valence-corrected chi connectivity index (χ3v) is 2.47. The molecule has 1 unspecified atom stereocenters. The molecule has 1 rings (SSSR count). The molecule has 1 atom stereocenters. The number of piperidine rings is 1. The minimum atomic E-state index is -0.289. The Labute approximate surface area is 90.6 Å². The maximum atomic E-state index is 11.5. The zero-order chi connectivity index (χ0) is 11.4.